The summed E-state index contributed by atoms with van der Waals surface area (Å²) in [5.41, 5.74) is 1.37. The quantitative estimate of drug-likeness (QED) is 0.544. The Labute approximate surface area is 175 Å². The minimum absolute atomic E-state index is 0.247. The smallest absolute Gasteiger partial charge is 0.191 e. The molecule has 3 saturated heterocycles. The zero-order chi connectivity index (χ0) is 19.9. The van der Waals surface area contributed by atoms with Gasteiger partial charge in [0.25, 0.3) is 0 Å². The van der Waals surface area contributed by atoms with E-state index in [0.29, 0.717) is 12.1 Å². The molecule has 0 aromatic heterocycles. The molecule has 1 aromatic rings. The summed E-state index contributed by atoms with van der Waals surface area (Å²) in [7, 11) is 0. The molecule has 160 valence electrons. The Hall–Kier alpha value is -1.63. The van der Waals surface area contributed by atoms with Gasteiger partial charge < -0.3 is 15.4 Å². The molecule has 0 saturated carbocycles. The first-order valence-corrected chi connectivity index (χ1v) is 11.5. The van der Waals surface area contributed by atoms with Crippen LogP contribution in [0, 0.1) is 0 Å². The maximum atomic E-state index is 6.10. The summed E-state index contributed by atoms with van der Waals surface area (Å²) in [6, 6.07) is 11.8. The summed E-state index contributed by atoms with van der Waals surface area (Å²) in [5.74, 6) is 0.903. The summed E-state index contributed by atoms with van der Waals surface area (Å²) in [6.45, 7) is 10.1. The molecule has 6 heteroatoms. The van der Waals surface area contributed by atoms with Gasteiger partial charge in [0.1, 0.15) is 0 Å². The van der Waals surface area contributed by atoms with Crippen LogP contribution in [-0.4, -0.2) is 80.3 Å². The SMILES string of the molecule is CCNC(=NCC(c1ccccc1)N1CCCC1)NCC1CN2CCCC2CO1. The highest BCUT2D eigenvalue weighted by Gasteiger charge is 2.32. The Morgan fingerprint density at radius 2 is 1.97 bits per heavy atom. The number of morpholine rings is 1. The Bertz CT molecular complexity index is 646. The van der Waals surface area contributed by atoms with Crippen molar-refractivity contribution in [2.45, 2.75) is 50.8 Å². The molecule has 0 spiro atoms. The maximum absolute atomic E-state index is 6.10. The van der Waals surface area contributed by atoms with Crippen molar-refractivity contribution in [3.05, 3.63) is 35.9 Å². The van der Waals surface area contributed by atoms with E-state index < -0.39 is 0 Å². The number of nitrogens with zero attached hydrogens (tertiary/aromatic N) is 3. The normalized spacial score (nSPS) is 27.0. The van der Waals surface area contributed by atoms with Crippen molar-refractivity contribution in [2.24, 2.45) is 4.99 Å². The first-order chi connectivity index (χ1) is 14.3. The Kier molecular flexibility index (Phi) is 7.41. The minimum Gasteiger partial charge on any atom is -0.373 e. The van der Waals surface area contributed by atoms with Gasteiger partial charge >= 0.3 is 0 Å². The summed E-state index contributed by atoms with van der Waals surface area (Å²) < 4.78 is 6.10. The van der Waals surface area contributed by atoms with Crippen LogP contribution in [0.15, 0.2) is 35.3 Å². The van der Waals surface area contributed by atoms with Crippen LogP contribution in [0.25, 0.3) is 0 Å². The molecule has 3 unspecified atom stereocenters. The number of benzene rings is 1. The van der Waals surface area contributed by atoms with E-state index in [-0.39, 0.29) is 6.10 Å². The molecule has 2 N–H and O–H groups in total. The number of nitrogens with one attached hydrogen (secondary N) is 2. The van der Waals surface area contributed by atoms with Crippen LogP contribution in [0.5, 0.6) is 0 Å². The van der Waals surface area contributed by atoms with Gasteiger partial charge in [0.15, 0.2) is 5.96 Å². The second kappa shape index (κ2) is 10.4. The average Bonchev–Trinajstić information content (AvgIpc) is 3.44. The van der Waals surface area contributed by atoms with E-state index in [2.05, 4.69) is 57.7 Å². The molecule has 3 aliphatic heterocycles. The maximum Gasteiger partial charge on any atom is 0.191 e. The van der Waals surface area contributed by atoms with Crippen molar-refractivity contribution in [1.82, 2.24) is 20.4 Å². The molecule has 3 atom stereocenters. The lowest BCUT2D eigenvalue weighted by molar-refractivity contribution is -0.0453. The third-order valence-electron chi connectivity index (χ3n) is 6.49. The van der Waals surface area contributed by atoms with E-state index in [0.717, 1.165) is 38.7 Å². The number of aliphatic imine (C=N–C) groups is 1. The van der Waals surface area contributed by atoms with Gasteiger partial charge in [0.05, 0.1) is 25.3 Å². The number of guanidine groups is 1. The zero-order valence-electron chi connectivity index (χ0n) is 17.9. The van der Waals surface area contributed by atoms with Gasteiger partial charge in [-0.25, -0.2) is 0 Å². The molecule has 4 rings (SSSR count). The molecule has 6 nitrogen and oxygen atoms in total. The number of hydrogen-bond acceptors (Lipinski definition) is 4. The lowest BCUT2D eigenvalue weighted by Crippen LogP contribution is -2.51. The molecule has 0 radical (unpaired) electrons. The highest BCUT2D eigenvalue weighted by molar-refractivity contribution is 5.79. The zero-order valence-corrected chi connectivity index (χ0v) is 17.9. The van der Waals surface area contributed by atoms with E-state index in [4.69, 9.17) is 9.73 Å². The average molecular weight is 400 g/mol. The summed E-state index contributed by atoms with van der Waals surface area (Å²) >= 11 is 0. The van der Waals surface area contributed by atoms with Crippen LogP contribution >= 0.6 is 0 Å². The molecule has 29 heavy (non-hydrogen) atoms. The van der Waals surface area contributed by atoms with Crippen LogP contribution in [0.3, 0.4) is 0 Å². The molecule has 0 bridgehead atoms. The second-order valence-electron chi connectivity index (χ2n) is 8.52. The monoisotopic (exact) mass is 399 g/mol. The number of rotatable bonds is 7. The number of ether oxygens (including phenoxy) is 1. The molecule has 1 aromatic carbocycles. The topological polar surface area (TPSA) is 52.1 Å². The highest BCUT2D eigenvalue weighted by atomic mass is 16.5. The van der Waals surface area contributed by atoms with Crippen molar-refractivity contribution in [3.8, 4) is 0 Å². The van der Waals surface area contributed by atoms with E-state index in [1.165, 1.54) is 50.9 Å². The summed E-state index contributed by atoms with van der Waals surface area (Å²) in [4.78, 5) is 10.1. The summed E-state index contributed by atoms with van der Waals surface area (Å²) in [6.07, 6.45) is 5.44. The third-order valence-corrected chi connectivity index (χ3v) is 6.49. The molecule has 3 fully saturated rings. The van der Waals surface area contributed by atoms with Crippen LogP contribution in [-0.2, 0) is 4.74 Å². The number of fused-ring (bicyclic) bond motifs is 1. The lowest BCUT2D eigenvalue weighted by Gasteiger charge is -2.35. The number of likely N-dealkylation sites (tertiary alicyclic amines) is 1. The number of hydrogen-bond donors (Lipinski definition) is 2. The van der Waals surface area contributed by atoms with E-state index in [1.807, 2.05) is 0 Å². The Morgan fingerprint density at radius 1 is 1.14 bits per heavy atom. The fourth-order valence-electron chi connectivity index (χ4n) is 4.90. The van der Waals surface area contributed by atoms with Gasteiger partial charge in [-0.1, -0.05) is 30.3 Å². The van der Waals surface area contributed by atoms with Crippen LogP contribution in [0.1, 0.15) is 44.2 Å². The van der Waals surface area contributed by atoms with E-state index in [1.54, 1.807) is 0 Å². The second-order valence-corrected chi connectivity index (χ2v) is 8.52. The van der Waals surface area contributed by atoms with Gasteiger partial charge in [0, 0.05) is 25.7 Å². The molecule has 0 amide bonds. The predicted octanol–water partition coefficient (Wildman–Crippen LogP) is 2.24. The van der Waals surface area contributed by atoms with Crippen molar-refractivity contribution in [3.63, 3.8) is 0 Å². The third kappa shape index (κ3) is 5.50. The van der Waals surface area contributed by atoms with Crippen LogP contribution in [0.4, 0.5) is 0 Å². The first-order valence-electron chi connectivity index (χ1n) is 11.5. The fourth-order valence-corrected chi connectivity index (χ4v) is 4.90. The van der Waals surface area contributed by atoms with Gasteiger partial charge in [-0.15, -0.1) is 0 Å². The molecular weight excluding hydrogens is 362 g/mol. The largest absolute Gasteiger partial charge is 0.373 e. The van der Waals surface area contributed by atoms with Crippen molar-refractivity contribution in [2.75, 3.05) is 52.4 Å². The molecule has 3 aliphatic rings. The van der Waals surface area contributed by atoms with Gasteiger partial charge in [-0.05, 0) is 57.8 Å². The summed E-state index contributed by atoms with van der Waals surface area (Å²) in [5, 5.41) is 6.95. The highest BCUT2D eigenvalue weighted by Crippen LogP contribution is 2.25. The molecule has 0 aliphatic carbocycles. The Balaban J connectivity index is 1.36. The van der Waals surface area contributed by atoms with E-state index in [9.17, 15) is 0 Å². The fraction of sp³-hybridized carbons (Fsp3) is 0.696. The van der Waals surface area contributed by atoms with E-state index >= 15 is 0 Å². The van der Waals surface area contributed by atoms with Gasteiger partial charge in [-0.2, -0.15) is 0 Å². The van der Waals surface area contributed by atoms with Crippen molar-refractivity contribution < 1.29 is 4.74 Å². The van der Waals surface area contributed by atoms with Crippen LogP contribution in [0.2, 0.25) is 0 Å². The van der Waals surface area contributed by atoms with Crippen molar-refractivity contribution >= 4 is 5.96 Å². The molecule has 3 heterocycles. The first kappa shape index (κ1) is 20.6. The standard InChI is InChI=1S/C23H37N5O/c1-2-24-23(25-15-21-17-28-14-8-11-20(28)18-29-21)26-16-22(27-12-6-7-13-27)19-9-4-3-5-10-19/h3-5,9-10,20-22H,2,6-8,11-18H2,1H3,(H2,24,25,26). The lowest BCUT2D eigenvalue weighted by atomic mass is 10.1. The van der Waals surface area contributed by atoms with Gasteiger partial charge in [-0.3, -0.25) is 14.8 Å². The minimum atomic E-state index is 0.247. The van der Waals surface area contributed by atoms with Crippen molar-refractivity contribution in [1.29, 1.82) is 0 Å². The van der Waals surface area contributed by atoms with Crippen LogP contribution < -0.4 is 10.6 Å². The predicted molar refractivity (Wildman–Crippen MR) is 118 cm³/mol. The Morgan fingerprint density at radius 3 is 2.76 bits per heavy atom. The van der Waals surface area contributed by atoms with Gasteiger partial charge in [0.2, 0.25) is 0 Å². The molecular formula is C23H37N5O.